The topological polar surface area (TPSA) is 71.1 Å². The molecule has 0 saturated heterocycles. The molecule has 0 spiro atoms. The highest BCUT2D eigenvalue weighted by atomic mass is 16.2. The van der Waals surface area contributed by atoms with Crippen LogP contribution in [-0.4, -0.2) is 29.4 Å². The average molecular weight is 261 g/mol. The Bertz CT molecular complexity index is 464. The lowest BCUT2D eigenvalue weighted by Gasteiger charge is -2.07. The molecule has 2 rings (SSSR count). The van der Waals surface area contributed by atoms with Gasteiger partial charge in [-0.25, -0.2) is 0 Å². The highest BCUT2D eigenvalue weighted by Gasteiger charge is 2.23. The molecule has 0 radical (unpaired) electrons. The molecule has 1 saturated carbocycles. The Morgan fingerprint density at radius 1 is 1.37 bits per heavy atom. The zero-order chi connectivity index (χ0) is 13.8. The summed E-state index contributed by atoms with van der Waals surface area (Å²) in [5.74, 6) is -0.0789. The van der Waals surface area contributed by atoms with Gasteiger partial charge in [0.2, 0.25) is 5.91 Å². The van der Waals surface area contributed by atoms with Crippen LogP contribution in [0, 0.1) is 0 Å². The molecule has 0 unspecified atom stereocenters. The van der Waals surface area contributed by atoms with Crippen molar-refractivity contribution in [2.24, 2.45) is 0 Å². The van der Waals surface area contributed by atoms with Gasteiger partial charge in [0.25, 0.3) is 5.91 Å². The van der Waals surface area contributed by atoms with Gasteiger partial charge in [0.15, 0.2) is 0 Å². The number of nitrogens with one attached hydrogen (secondary N) is 2. The monoisotopic (exact) mass is 261 g/mol. The molecule has 0 aromatic carbocycles. The molecule has 1 fully saturated rings. The molecule has 1 heterocycles. The molecule has 2 amide bonds. The lowest BCUT2D eigenvalue weighted by atomic mass is 10.1. The number of carbonyl (C=O) groups excluding carboxylic acids is 2. The summed E-state index contributed by atoms with van der Waals surface area (Å²) in [6.07, 6.45) is 3.78. The lowest BCUT2D eigenvalue weighted by molar-refractivity contribution is -0.120. The van der Waals surface area contributed by atoms with Gasteiger partial charge in [-0.15, -0.1) is 0 Å². The van der Waals surface area contributed by atoms with Crippen LogP contribution in [0.15, 0.2) is 18.3 Å². The Labute approximate surface area is 112 Å². The van der Waals surface area contributed by atoms with Crippen LogP contribution in [0.25, 0.3) is 0 Å². The van der Waals surface area contributed by atoms with Crippen molar-refractivity contribution < 1.29 is 9.59 Å². The second-order valence-corrected chi connectivity index (χ2v) is 5.16. The van der Waals surface area contributed by atoms with Crippen molar-refractivity contribution in [3.63, 3.8) is 0 Å². The van der Waals surface area contributed by atoms with Gasteiger partial charge in [0.05, 0.1) is 6.54 Å². The fraction of sp³-hybridized carbons (Fsp3) is 0.500. The summed E-state index contributed by atoms with van der Waals surface area (Å²) in [5, 5.41) is 5.38. The largest absolute Gasteiger partial charge is 0.352 e. The molecule has 19 heavy (non-hydrogen) atoms. The zero-order valence-corrected chi connectivity index (χ0v) is 11.3. The third-order valence-corrected chi connectivity index (χ3v) is 3.04. The minimum absolute atomic E-state index is 0.00292. The molecular formula is C14H19N3O2. The molecule has 102 valence electrons. The lowest BCUT2D eigenvalue weighted by Crippen LogP contribution is -2.38. The molecule has 2 N–H and O–H groups in total. The standard InChI is InChI=1S/C14H19N3O2/c1-9(2)10-3-6-12(15-7-10)14(19)16-8-13(18)17-11-4-5-11/h3,6-7,9,11H,4-5,8H2,1-2H3,(H,16,19)(H,17,18). The van der Waals surface area contributed by atoms with Crippen LogP contribution < -0.4 is 10.6 Å². The molecule has 5 nitrogen and oxygen atoms in total. The van der Waals surface area contributed by atoms with Crippen molar-refractivity contribution in [1.82, 2.24) is 15.6 Å². The summed E-state index contributed by atoms with van der Waals surface area (Å²) < 4.78 is 0. The number of rotatable bonds is 5. The van der Waals surface area contributed by atoms with E-state index in [4.69, 9.17) is 0 Å². The summed E-state index contributed by atoms with van der Waals surface area (Å²) in [6.45, 7) is 4.14. The SMILES string of the molecule is CC(C)c1ccc(C(=O)NCC(=O)NC2CC2)nc1. The van der Waals surface area contributed by atoms with Crippen molar-refractivity contribution >= 4 is 11.8 Å². The van der Waals surface area contributed by atoms with Gasteiger partial charge in [-0.2, -0.15) is 0 Å². The first-order valence-electron chi connectivity index (χ1n) is 6.60. The number of hydrogen-bond acceptors (Lipinski definition) is 3. The van der Waals surface area contributed by atoms with E-state index in [2.05, 4.69) is 29.5 Å². The summed E-state index contributed by atoms with van der Waals surface area (Å²) in [4.78, 5) is 27.3. The predicted octanol–water partition coefficient (Wildman–Crippen LogP) is 1.21. The van der Waals surface area contributed by atoms with Crippen molar-refractivity contribution in [2.75, 3.05) is 6.54 Å². The Morgan fingerprint density at radius 3 is 2.63 bits per heavy atom. The van der Waals surface area contributed by atoms with Crippen LogP contribution >= 0.6 is 0 Å². The highest BCUT2D eigenvalue weighted by molar-refractivity contribution is 5.94. The molecule has 0 bridgehead atoms. The van der Waals surface area contributed by atoms with Crippen molar-refractivity contribution in [3.8, 4) is 0 Å². The van der Waals surface area contributed by atoms with Crippen LogP contribution in [0.3, 0.4) is 0 Å². The number of aromatic nitrogens is 1. The molecular weight excluding hydrogens is 242 g/mol. The third kappa shape index (κ3) is 4.05. The van der Waals surface area contributed by atoms with E-state index in [1.807, 2.05) is 6.07 Å². The van der Waals surface area contributed by atoms with Gasteiger partial charge < -0.3 is 10.6 Å². The first-order chi connectivity index (χ1) is 9.06. The number of nitrogens with zero attached hydrogens (tertiary/aromatic N) is 1. The van der Waals surface area contributed by atoms with E-state index in [9.17, 15) is 9.59 Å². The Balaban J connectivity index is 1.83. The Hall–Kier alpha value is -1.91. The van der Waals surface area contributed by atoms with E-state index >= 15 is 0 Å². The van der Waals surface area contributed by atoms with Crippen LogP contribution in [0.1, 0.15) is 48.7 Å². The molecule has 1 aromatic heterocycles. The fourth-order valence-corrected chi connectivity index (χ4v) is 1.64. The average Bonchev–Trinajstić information content (AvgIpc) is 3.20. The van der Waals surface area contributed by atoms with E-state index in [1.165, 1.54) is 0 Å². The predicted molar refractivity (Wildman–Crippen MR) is 71.8 cm³/mol. The van der Waals surface area contributed by atoms with Crippen LogP contribution in [0.2, 0.25) is 0 Å². The molecule has 1 aliphatic carbocycles. The van der Waals surface area contributed by atoms with Crippen molar-refractivity contribution in [1.29, 1.82) is 0 Å². The summed E-state index contributed by atoms with van der Waals surface area (Å²) >= 11 is 0. The fourth-order valence-electron chi connectivity index (χ4n) is 1.64. The molecule has 0 aliphatic heterocycles. The van der Waals surface area contributed by atoms with Crippen LogP contribution in [-0.2, 0) is 4.79 Å². The van der Waals surface area contributed by atoms with Crippen molar-refractivity contribution in [2.45, 2.75) is 38.6 Å². The summed E-state index contributed by atoms with van der Waals surface area (Å²) in [5.41, 5.74) is 1.42. The van der Waals surface area contributed by atoms with E-state index in [-0.39, 0.29) is 18.4 Å². The quantitative estimate of drug-likeness (QED) is 0.837. The second kappa shape index (κ2) is 5.82. The summed E-state index contributed by atoms with van der Waals surface area (Å²) in [7, 11) is 0. The van der Waals surface area contributed by atoms with Crippen LogP contribution in [0.5, 0.6) is 0 Å². The Morgan fingerprint density at radius 2 is 2.11 bits per heavy atom. The number of hydrogen-bond donors (Lipinski definition) is 2. The van der Waals surface area contributed by atoms with E-state index in [0.717, 1.165) is 18.4 Å². The van der Waals surface area contributed by atoms with Gasteiger partial charge in [-0.05, 0) is 30.4 Å². The van der Waals surface area contributed by atoms with E-state index in [1.54, 1.807) is 12.3 Å². The minimum atomic E-state index is -0.318. The maximum Gasteiger partial charge on any atom is 0.270 e. The van der Waals surface area contributed by atoms with E-state index in [0.29, 0.717) is 17.7 Å². The van der Waals surface area contributed by atoms with Gasteiger partial charge in [0.1, 0.15) is 5.69 Å². The van der Waals surface area contributed by atoms with Gasteiger partial charge in [0, 0.05) is 12.2 Å². The Kier molecular flexibility index (Phi) is 4.14. The zero-order valence-electron chi connectivity index (χ0n) is 11.3. The minimum Gasteiger partial charge on any atom is -0.352 e. The smallest absolute Gasteiger partial charge is 0.270 e. The highest BCUT2D eigenvalue weighted by Crippen LogP contribution is 2.18. The van der Waals surface area contributed by atoms with Gasteiger partial charge >= 0.3 is 0 Å². The maximum absolute atomic E-state index is 11.8. The number of amides is 2. The van der Waals surface area contributed by atoms with Gasteiger partial charge in [-0.3, -0.25) is 14.6 Å². The van der Waals surface area contributed by atoms with Crippen LogP contribution in [0.4, 0.5) is 0 Å². The number of pyridine rings is 1. The molecule has 1 aliphatic rings. The third-order valence-electron chi connectivity index (χ3n) is 3.04. The maximum atomic E-state index is 11.8. The summed E-state index contributed by atoms with van der Waals surface area (Å²) in [6, 6.07) is 3.88. The first-order valence-corrected chi connectivity index (χ1v) is 6.60. The first kappa shape index (κ1) is 13.5. The molecule has 5 heteroatoms. The molecule has 0 atom stereocenters. The van der Waals surface area contributed by atoms with Gasteiger partial charge in [-0.1, -0.05) is 19.9 Å². The van der Waals surface area contributed by atoms with Crippen molar-refractivity contribution in [3.05, 3.63) is 29.6 Å². The number of carbonyl (C=O) groups is 2. The second-order valence-electron chi connectivity index (χ2n) is 5.16. The molecule has 1 aromatic rings. The normalized spacial score (nSPS) is 14.3. The van der Waals surface area contributed by atoms with E-state index < -0.39 is 0 Å².